The number of amides is 1. The van der Waals surface area contributed by atoms with Gasteiger partial charge in [0.2, 0.25) is 11.7 Å². The van der Waals surface area contributed by atoms with Crippen LogP contribution in [0.2, 0.25) is 0 Å². The fourth-order valence-corrected chi connectivity index (χ4v) is 2.22. The van der Waals surface area contributed by atoms with Crippen molar-refractivity contribution < 1.29 is 18.0 Å². The van der Waals surface area contributed by atoms with E-state index in [0.717, 1.165) is 12.4 Å². The molecule has 2 rings (SSSR count). The molecule has 0 saturated carbocycles. The Bertz CT molecular complexity index is 854. The molecule has 0 fully saturated rings. The normalized spacial score (nSPS) is 10.9. The molecule has 0 radical (unpaired) electrons. The Hall–Kier alpha value is -2.96. The number of nitrogens with zero attached hydrogens (tertiary/aromatic N) is 2. The fraction of sp³-hybridized carbons (Fsp3) is 0.278. The van der Waals surface area contributed by atoms with Crippen LogP contribution in [-0.4, -0.2) is 29.0 Å². The molecule has 6 nitrogen and oxygen atoms in total. The van der Waals surface area contributed by atoms with Crippen molar-refractivity contribution in [2.45, 2.75) is 19.0 Å². The topological polar surface area (TPSA) is 107 Å². The highest BCUT2D eigenvalue weighted by Gasteiger charge is 2.34. The van der Waals surface area contributed by atoms with Crippen LogP contribution in [0.25, 0.3) is 11.1 Å². The minimum absolute atomic E-state index is 0.107. The lowest BCUT2D eigenvalue weighted by Crippen LogP contribution is -2.13. The van der Waals surface area contributed by atoms with E-state index in [2.05, 4.69) is 27.1 Å². The fourth-order valence-electron chi connectivity index (χ4n) is 2.22. The molecule has 1 amide bonds. The predicted molar refractivity (Wildman–Crippen MR) is 95.3 cm³/mol. The van der Waals surface area contributed by atoms with Gasteiger partial charge in [-0.25, -0.2) is 9.97 Å². The van der Waals surface area contributed by atoms with E-state index in [0.29, 0.717) is 35.3 Å². The highest BCUT2D eigenvalue weighted by atomic mass is 19.4. The maximum atomic E-state index is 12.6. The summed E-state index contributed by atoms with van der Waals surface area (Å²) in [5, 5.41) is 2.73. The summed E-state index contributed by atoms with van der Waals surface area (Å²) in [6.45, 7) is 0.517. The summed E-state index contributed by atoms with van der Waals surface area (Å²) in [7, 11) is 0. The molecule has 27 heavy (non-hydrogen) atoms. The minimum atomic E-state index is -4.61. The minimum Gasteiger partial charge on any atom is -0.330 e. The Morgan fingerprint density at radius 3 is 2.48 bits per heavy atom. The van der Waals surface area contributed by atoms with Gasteiger partial charge >= 0.3 is 6.18 Å². The summed E-state index contributed by atoms with van der Waals surface area (Å²) in [6.07, 6.45) is -1.60. The van der Waals surface area contributed by atoms with Gasteiger partial charge in [-0.1, -0.05) is 17.9 Å². The Balaban J connectivity index is 2.34. The quantitative estimate of drug-likeness (QED) is 0.692. The number of alkyl halides is 3. The first-order chi connectivity index (χ1) is 12.8. The lowest BCUT2D eigenvalue weighted by atomic mass is 10.0. The number of nitrogens with one attached hydrogen (secondary N) is 1. The number of carbonyl (C=O) groups is 1. The number of rotatable bonds is 5. The molecule has 0 saturated heterocycles. The van der Waals surface area contributed by atoms with Crippen molar-refractivity contribution in [2.24, 2.45) is 11.5 Å². The van der Waals surface area contributed by atoms with Crippen LogP contribution in [0, 0.1) is 11.8 Å². The number of benzene rings is 1. The molecule has 1 aromatic heterocycles. The van der Waals surface area contributed by atoms with Crippen LogP contribution in [-0.2, 0) is 11.0 Å². The molecule has 9 heteroatoms. The van der Waals surface area contributed by atoms with Gasteiger partial charge in [-0.2, -0.15) is 13.2 Å². The van der Waals surface area contributed by atoms with Crippen molar-refractivity contribution in [1.82, 2.24) is 9.97 Å². The maximum absolute atomic E-state index is 12.6. The molecule has 1 heterocycles. The van der Waals surface area contributed by atoms with Crippen molar-refractivity contribution in [3.63, 3.8) is 0 Å². The van der Waals surface area contributed by atoms with E-state index in [4.69, 9.17) is 11.5 Å². The first kappa shape index (κ1) is 20.4. The molecular weight excluding hydrogens is 359 g/mol. The molecule has 0 aliphatic rings. The number of anilines is 1. The molecule has 0 spiro atoms. The average Bonchev–Trinajstić information content (AvgIpc) is 2.64. The molecule has 0 bridgehead atoms. The third-order valence-corrected chi connectivity index (χ3v) is 3.45. The first-order valence-electron chi connectivity index (χ1n) is 8.07. The van der Waals surface area contributed by atoms with Crippen LogP contribution in [0.15, 0.2) is 30.6 Å². The Labute approximate surface area is 154 Å². The molecular formula is C18H18F3N5O. The predicted octanol–water partition coefficient (Wildman–Crippen LogP) is 2.15. The van der Waals surface area contributed by atoms with Crippen molar-refractivity contribution in [1.29, 1.82) is 0 Å². The second kappa shape index (κ2) is 9.12. The van der Waals surface area contributed by atoms with Crippen LogP contribution in [0.5, 0.6) is 0 Å². The summed E-state index contributed by atoms with van der Waals surface area (Å²) >= 11 is 0. The zero-order chi connectivity index (χ0) is 19.9. The molecule has 2 aromatic rings. The molecule has 0 aliphatic carbocycles. The van der Waals surface area contributed by atoms with E-state index in [1.165, 1.54) is 0 Å². The summed E-state index contributed by atoms with van der Waals surface area (Å²) in [6, 6.07) is 4.88. The highest BCUT2D eigenvalue weighted by molar-refractivity contribution is 5.91. The standard InChI is InChI=1S/C18H18F3N5O/c19-18(20,21)17-24-10-13(11-25-17)15-6-5-14(9-12(15)3-1-7-22)26-16(27)4-2-8-23/h5-6,9-11H,2,4,7-8,22-23H2,(H,26,27). The number of hydrogen-bond acceptors (Lipinski definition) is 5. The van der Waals surface area contributed by atoms with Gasteiger partial charge in [0.15, 0.2) is 0 Å². The van der Waals surface area contributed by atoms with Gasteiger partial charge in [-0.15, -0.1) is 0 Å². The zero-order valence-electron chi connectivity index (χ0n) is 14.3. The third kappa shape index (κ3) is 5.77. The van der Waals surface area contributed by atoms with Gasteiger partial charge in [-0.05, 0) is 25.1 Å². The number of aromatic nitrogens is 2. The molecule has 5 N–H and O–H groups in total. The van der Waals surface area contributed by atoms with Gasteiger partial charge < -0.3 is 16.8 Å². The number of carbonyl (C=O) groups excluding carboxylic acids is 1. The van der Waals surface area contributed by atoms with Gasteiger partial charge in [0.05, 0.1) is 6.54 Å². The van der Waals surface area contributed by atoms with E-state index in [-0.39, 0.29) is 18.9 Å². The Kier molecular flexibility index (Phi) is 6.87. The summed E-state index contributed by atoms with van der Waals surface area (Å²) < 4.78 is 37.9. The summed E-state index contributed by atoms with van der Waals surface area (Å²) in [5.41, 5.74) is 12.7. The van der Waals surface area contributed by atoms with Gasteiger partial charge in [0, 0.05) is 41.2 Å². The largest absolute Gasteiger partial charge is 0.451 e. The van der Waals surface area contributed by atoms with Crippen LogP contribution in [0.1, 0.15) is 24.2 Å². The van der Waals surface area contributed by atoms with E-state index in [1.807, 2.05) is 0 Å². The van der Waals surface area contributed by atoms with E-state index < -0.39 is 12.0 Å². The molecule has 0 atom stereocenters. The van der Waals surface area contributed by atoms with Crippen molar-refractivity contribution in [2.75, 3.05) is 18.4 Å². The zero-order valence-corrected chi connectivity index (χ0v) is 14.3. The third-order valence-electron chi connectivity index (χ3n) is 3.45. The molecule has 0 unspecified atom stereocenters. The van der Waals surface area contributed by atoms with Crippen LogP contribution >= 0.6 is 0 Å². The van der Waals surface area contributed by atoms with E-state index >= 15 is 0 Å². The second-order valence-electron chi connectivity index (χ2n) is 5.50. The number of halogens is 3. The van der Waals surface area contributed by atoms with Gasteiger partial charge in [0.1, 0.15) is 0 Å². The highest BCUT2D eigenvalue weighted by Crippen LogP contribution is 2.29. The van der Waals surface area contributed by atoms with Crippen LogP contribution in [0.4, 0.5) is 18.9 Å². The van der Waals surface area contributed by atoms with E-state index in [1.54, 1.807) is 18.2 Å². The van der Waals surface area contributed by atoms with Crippen molar-refractivity contribution in [3.05, 3.63) is 42.0 Å². The SMILES string of the molecule is NCC#Cc1cc(NC(=O)CCCN)ccc1-c1cnc(C(F)(F)F)nc1. The maximum Gasteiger partial charge on any atom is 0.451 e. The van der Waals surface area contributed by atoms with Crippen LogP contribution in [0.3, 0.4) is 0 Å². The lowest BCUT2D eigenvalue weighted by molar-refractivity contribution is -0.145. The van der Waals surface area contributed by atoms with Crippen LogP contribution < -0.4 is 16.8 Å². The lowest BCUT2D eigenvalue weighted by Gasteiger charge is -2.10. The number of hydrogen-bond donors (Lipinski definition) is 3. The summed E-state index contributed by atoms with van der Waals surface area (Å²) in [5.74, 6) is 4.13. The molecule has 1 aromatic carbocycles. The molecule has 0 aliphatic heterocycles. The Morgan fingerprint density at radius 2 is 1.89 bits per heavy atom. The average molecular weight is 377 g/mol. The Morgan fingerprint density at radius 1 is 1.19 bits per heavy atom. The van der Waals surface area contributed by atoms with E-state index in [9.17, 15) is 18.0 Å². The van der Waals surface area contributed by atoms with Crippen molar-refractivity contribution in [3.8, 4) is 23.0 Å². The summed E-state index contributed by atoms with van der Waals surface area (Å²) in [4.78, 5) is 18.6. The van der Waals surface area contributed by atoms with Gasteiger partial charge in [0.25, 0.3) is 0 Å². The monoisotopic (exact) mass is 377 g/mol. The molecule has 142 valence electrons. The smallest absolute Gasteiger partial charge is 0.330 e. The first-order valence-corrected chi connectivity index (χ1v) is 8.07. The van der Waals surface area contributed by atoms with Gasteiger partial charge in [-0.3, -0.25) is 4.79 Å². The second-order valence-corrected chi connectivity index (χ2v) is 5.50. The number of nitrogens with two attached hydrogens (primary N) is 2. The van der Waals surface area contributed by atoms with Crippen molar-refractivity contribution >= 4 is 11.6 Å².